The molecule has 0 aromatic heterocycles. The molecule has 1 amide bonds. The third kappa shape index (κ3) is 6.31. The van der Waals surface area contributed by atoms with Gasteiger partial charge in [-0.25, -0.2) is 4.39 Å². The van der Waals surface area contributed by atoms with E-state index in [4.69, 9.17) is 14.2 Å². The molecule has 2 N–H and O–H groups in total. The van der Waals surface area contributed by atoms with E-state index in [1.807, 2.05) is 6.20 Å². The maximum Gasteiger partial charge on any atom is 0.256 e. The van der Waals surface area contributed by atoms with Crippen LogP contribution in [0.25, 0.3) is 0 Å². The molecule has 5 heterocycles. The minimum Gasteiger partial charge on any atom is -0.379 e. The summed E-state index contributed by atoms with van der Waals surface area (Å²) >= 11 is 0. The Kier molecular flexibility index (Phi) is 9.66. The van der Waals surface area contributed by atoms with Crippen molar-refractivity contribution in [2.24, 2.45) is 17.8 Å². The monoisotopic (exact) mass is 657 g/mol. The van der Waals surface area contributed by atoms with Crippen LogP contribution in [0.2, 0.25) is 0 Å². The minimum atomic E-state index is -1.22. The number of fused-ring (bicyclic) bond motifs is 5. The van der Waals surface area contributed by atoms with Crippen LogP contribution in [0.5, 0.6) is 0 Å². The molecule has 12 atom stereocenters. The van der Waals surface area contributed by atoms with Crippen molar-refractivity contribution >= 4 is 11.7 Å². The Morgan fingerprint density at radius 1 is 0.957 bits per heavy atom. The average Bonchev–Trinajstić information content (AvgIpc) is 3.66. The molecule has 0 bridgehead atoms. The molecule has 7 fully saturated rings. The molecule has 262 valence electrons. The molecule has 11 heteroatoms. The standard InChI is InChI=1S/C36H56FN5O5/c1-40-12-4-6-22(40)9-11-39-36(44)26-21-42-28-20-30-24(23-7-2-3-8-29(23)46-30)19-31(28)47-35-32(27(37)18-25(33(35)42)34(26)43)38-10-5-13-41-14-16-45-17-15-41/h21-25,27-33,35,38H,2-20H2,1H3,(H,39,44). The van der Waals surface area contributed by atoms with Crippen molar-refractivity contribution in [1.82, 2.24) is 25.3 Å². The topological polar surface area (TPSA) is 95.6 Å². The third-order valence-electron chi connectivity index (χ3n) is 13.3. The molecule has 0 aromatic rings. The zero-order valence-corrected chi connectivity index (χ0v) is 28.2. The fourth-order valence-electron chi connectivity index (χ4n) is 10.8. The number of hydrogen-bond acceptors (Lipinski definition) is 9. The number of rotatable bonds is 9. The lowest BCUT2D eigenvalue weighted by Crippen LogP contribution is -2.73. The highest BCUT2D eigenvalue weighted by Gasteiger charge is 2.61. The first-order valence-electron chi connectivity index (χ1n) is 19.0. The van der Waals surface area contributed by atoms with Gasteiger partial charge in [-0.2, -0.15) is 0 Å². The summed E-state index contributed by atoms with van der Waals surface area (Å²) in [6, 6.07) is -0.284. The summed E-state index contributed by atoms with van der Waals surface area (Å²) < 4.78 is 35.5. The molecule has 10 nitrogen and oxygen atoms in total. The number of Topliss-reactive ketones (excluding diaryl/α,β-unsaturated/α-hetero) is 1. The van der Waals surface area contributed by atoms with Crippen molar-refractivity contribution in [3.05, 3.63) is 11.8 Å². The Morgan fingerprint density at radius 3 is 2.64 bits per heavy atom. The molecular weight excluding hydrogens is 601 g/mol. The Hall–Kier alpha value is -1.63. The number of halogens is 1. The van der Waals surface area contributed by atoms with Crippen LogP contribution in [0.15, 0.2) is 11.8 Å². The zero-order valence-electron chi connectivity index (χ0n) is 28.2. The van der Waals surface area contributed by atoms with Crippen LogP contribution in [0.3, 0.4) is 0 Å². The van der Waals surface area contributed by atoms with Gasteiger partial charge < -0.3 is 34.6 Å². The number of carbonyl (C=O) groups excluding carboxylic acids is 2. The van der Waals surface area contributed by atoms with Crippen molar-refractivity contribution in [1.29, 1.82) is 0 Å². The highest BCUT2D eigenvalue weighted by atomic mass is 19.1. The van der Waals surface area contributed by atoms with Crippen LogP contribution in [0.1, 0.15) is 70.6 Å². The number of nitrogens with zero attached hydrogens (tertiary/aromatic N) is 3. The van der Waals surface area contributed by atoms with E-state index < -0.39 is 24.2 Å². The van der Waals surface area contributed by atoms with E-state index in [1.54, 1.807) is 0 Å². The highest BCUT2D eigenvalue weighted by Crippen LogP contribution is 2.52. The van der Waals surface area contributed by atoms with Gasteiger partial charge in [0.15, 0.2) is 5.78 Å². The molecule has 8 aliphatic rings. The number of amides is 1. The Labute approximate surface area is 279 Å². The van der Waals surface area contributed by atoms with Crippen LogP contribution in [0, 0.1) is 17.8 Å². The van der Waals surface area contributed by atoms with Crippen molar-refractivity contribution in [2.75, 3.05) is 59.5 Å². The lowest BCUT2D eigenvalue weighted by molar-refractivity contribution is -0.209. The largest absolute Gasteiger partial charge is 0.379 e. The molecule has 12 unspecified atom stereocenters. The van der Waals surface area contributed by atoms with Gasteiger partial charge in [0.25, 0.3) is 5.91 Å². The number of morpholine rings is 2. The SMILES string of the molecule is CN1CCCC1CCNC(=O)C1=CN2C3CC4OC5CCCCC5C4CC3OC3C(NCCCN4CCOCC4)C(F)CC(C1=O)C32. The van der Waals surface area contributed by atoms with Crippen molar-refractivity contribution in [2.45, 2.75) is 125 Å². The minimum absolute atomic E-state index is 0.0151. The maximum absolute atomic E-state index is 16.3. The molecule has 3 aliphatic carbocycles. The van der Waals surface area contributed by atoms with Crippen LogP contribution in [0.4, 0.5) is 4.39 Å². The summed E-state index contributed by atoms with van der Waals surface area (Å²) in [4.78, 5) is 34.8. The van der Waals surface area contributed by atoms with Gasteiger partial charge in [0.2, 0.25) is 0 Å². The van der Waals surface area contributed by atoms with E-state index in [0.717, 1.165) is 77.9 Å². The predicted molar refractivity (Wildman–Crippen MR) is 174 cm³/mol. The van der Waals surface area contributed by atoms with Crippen molar-refractivity contribution < 1.29 is 28.2 Å². The number of alkyl halides is 1. The summed E-state index contributed by atoms with van der Waals surface area (Å²) in [5.74, 6) is -0.0930. The van der Waals surface area contributed by atoms with Gasteiger partial charge in [0.1, 0.15) is 6.17 Å². The molecule has 4 saturated heterocycles. The van der Waals surface area contributed by atoms with E-state index >= 15 is 4.39 Å². The lowest BCUT2D eigenvalue weighted by Gasteiger charge is -2.60. The normalized spacial score (nSPS) is 43.5. The lowest BCUT2D eigenvalue weighted by atomic mass is 9.67. The second-order valence-corrected chi connectivity index (χ2v) is 15.8. The maximum atomic E-state index is 16.3. The first-order valence-corrected chi connectivity index (χ1v) is 19.0. The fraction of sp³-hybridized carbons (Fsp3) is 0.889. The van der Waals surface area contributed by atoms with Gasteiger partial charge in [0, 0.05) is 37.8 Å². The van der Waals surface area contributed by atoms with Gasteiger partial charge in [0.05, 0.1) is 61.3 Å². The van der Waals surface area contributed by atoms with Gasteiger partial charge in [-0.05, 0) is 96.3 Å². The molecule has 0 aromatic carbocycles. The number of carbonyl (C=O) groups is 2. The van der Waals surface area contributed by atoms with Gasteiger partial charge in [-0.1, -0.05) is 12.8 Å². The van der Waals surface area contributed by atoms with Gasteiger partial charge in [-0.3, -0.25) is 14.5 Å². The van der Waals surface area contributed by atoms with E-state index in [2.05, 4.69) is 32.4 Å². The van der Waals surface area contributed by atoms with E-state index in [1.165, 1.54) is 25.7 Å². The van der Waals surface area contributed by atoms with Crippen molar-refractivity contribution in [3.8, 4) is 0 Å². The Bertz CT molecular complexity index is 1180. The Balaban J connectivity index is 1.02. The second kappa shape index (κ2) is 13.9. The summed E-state index contributed by atoms with van der Waals surface area (Å²) in [6.07, 6.45) is 11.5. The zero-order chi connectivity index (χ0) is 32.1. The van der Waals surface area contributed by atoms with E-state index in [9.17, 15) is 9.59 Å². The smallest absolute Gasteiger partial charge is 0.256 e. The third-order valence-corrected chi connectivity index (χ3v) is 13.3. The predicted octanol–water partition coefficient (Wildman–Crippen LogP) is 2.27. The quantitative estimate of drug-likeness (QED) is 0.286. The van der Waals surface area contributed by atoms with Crippen LogP contribution in [-0.4, -0.2) is 141 Å². The number of hydrogen-bond donors (Lipinski definition) is 2. The molecular formula is C36H56FN5O5. The molecule has 47 heavy (non-hydrogen) atoms. The van der Waals surface area contributed by atoms with Crippen LogP contribution in [-0.2, 0) is 23.8 Å². The number of ketones is 1. The summed E-state index contributed by atoms with van der Waals surface area (Å²) in [6.45, 7) is 6.71. The van der Waals surface area contributed by atoms with Crippen LogP contribution >= 0.6 is 0 Å². The van der Waals surface area contributed by atoms with E-state index in [-0.39, 0.29) is 48.0 Å². The molecule has 5 aliphatic heterocycles. The first kappa shape index (κ1) is 32.6. The number of nitrogens with one attached hydrogen (secondary N) is 2. The highest BCUT2D eigenvalue weighted by molar-refractivity contribution is 6.20. The summed E-state index contributed by atoms with van der Waals surface area (Å²) in [5, 5.41) is 6.64. The van der Waals surface area contributed by atoms with E-state index in [0.29, 0.717) is 37.1 Å². The second-order valence-electron chi connectivity index (χ2n) is 15.8. The molecule has 3 saturated carbocycles. The van der Waals surface area contributed by atoms with Crippen molar-refractivity contribution in [3.63, 3.8) is 0 Å². The molecule has 8 rings (SSSR count). The van der Waals surface area contributed by atoms with Crippen LogP contribution < -0.4 is 10.6 Å². The molecule has 0 radical (unpaired) electrons. The number of ether oxygens (including phenoxy) is 3. The fourth-order valence-corrected chi connectivity index (χ4v) is 10.8. The molecule has 0 spiro atoms. The van der Waals surface area contributed by atoms with Gasteiger partial charge in [-0.15, -0.1) is 0 Å². The van der Waals surface area contributed by atoms with Gasteiger partial charge >= 0.3 is 0 Å². The average molecular weight is 658 g/mol. The summed E-state index contributed by atoms with van der Waals surface area (Å²) in [5.41, 5.74) is 0.192. The Morgan fingerprint density at radius 2 is 1.81 bits per heavy atom. The summed E-state index contributed by atoms with van der Waals surface area (Å²) in [7, 11) is 2.14. The first-order chi connectivity index (χ1) is 23.0. The number of likely N-dealkylation sites (tertiary alicyclic amines) is 1.